The second kappa shape index (κ2) is 4.71. The molecule has 0 radical (unpaired) electrons. The molecule has 0 atom stereocenters. The molecule has 1 N–H and O–H groups in total. The first kappa shape index (κ1) is 12.2. The van der Waals surface area contributed by atoms with Gasteiger partial charge in [0.05, 0.1) is 10.6 Å². The molecule has 96 valence electrons. The van der Waals surface area contributed by atoms with Gasteiger partial charge in [-0.2, -0.15) is 0 Å². The SMILES string of the molecule is O=C(O)c1cc(-c2ccc3c(c2)CCC3)ccc1Cl. The summed E-state index contributed by atoms with van der Waals surface area (Å²) in [6.07, 6.45) is 3.47. The van der Waals surface area contributed by atoms with Gasteiger partial charge in [-0.25, -0.2) is 4.79 Å². The third kappa shape index (κ3) is 2.24. The summed E-state index contributed by atoms with van der Waals surface area (Å²) in [5.74, 6) is -0.993. The van der Waals surface area contributed by atoms with E-state index < -0.39 is 5.97 Å². The van der Waals surface area contributed by atoms with Gasteiger partial charge in [0.25, 0.3) is 0 Å². The highest BCUT2D eigenvalue weighted by Gasteiger charge is 2.13. The van der Waals surface area contributed by atoms with Gasteiger partial charge in [0.15, 0.2) is 0 Å². The number of hydrogen-bond acceptors (Lipinski definition) is 1. The number of aryl methyl sites for hydroxylation is 2. The lowest BCUT2D eigenvalue weighted by Gasteiger charge is -2.07. The van der Waals surface area contributed by atoms with Crippen LogP contribution in [0.3, 0.4) is 0 Å². The average molecular weight is 273 g/mol. The molecule has 2 nitrogen and oxygen atoms in total. The molecule has 0 fully saturated rings. The van der Waals surface area contributed by atoms with Crippen molar-refractivity contribution in [3.8, 4) is 11.1 Å². The van der Waals surface area contributed by atoms with Gasteiger partial charge < -0.3 is 5.11 Å². The van der Waals surface area contributed by atoms with E-state index in [1.807, 2.05) is 6.07 Å². The zero-order valence-corrected chi connectivity index (χ0v) is 11.1. The summed E-state index contributed by atoms with van der Waals surface area (Å²) in [5.41, 5.74) is 4.90. The molecule has 0 amide bonds. The number of fused-ring (bicyclic) bond motifs is 1. The Morgan fingerprint density at radius 1 is 1.00 bits per heavy atom. The van der Waals surface area contributed by atoms with E-state index in [1.165, 1.54) is 17.5 Å². The Labute approximate surface area is 116 Å². The molecule has 2 aromatic rings. The Balaban J connectivity index is 2.07. The fraction of sp³-hybridized carbons (Fsp3) is 0.188. The van der Waals surface area contributed by atoms with E-state index in [2.05, 4.69) is 18.2 Å². The Hall–Kier alpha value is -1.80. The quantitative estimate of drug-likeness (QED) is 0.890. The number of carboxylic acid groups (broad SMARTS) is 1. The van der Waals surface area contributed by atoms with Crippen molar-refractivity contribution in [2.24, 2.45) is 0 Å². The number of carboxylic acids is 1. The van der Waals surface area contributed by atoms with E-state index >= 15 is 0 Å². The summed E-state index contributed by atoms with van der Waals surface area (Å²) in [7, 11) is 0. The predicted molar refractivity (Wildman–Crippen MR) is 75.9 cm³/mol. The maximum atomic E-state index is 11.1. The maximum Gasteiger partial charge on any atom is 0.337 e. The van der Waals surface area contributed by atoms with Gasteiger partial charge in [-0.15, -0.1) is 0 Å². The molecular weight excluding hydrogens is 260 g/mol. The van der Waals surface area contributed by atoms with Crippen LogP contribution in [0.2, 0.25) is 5.02 Å². The molecule has 2 aromatic carbocycles. The maximum absolute atomic E-state index is 11.1. The first-order valence-corrected chi connectivity index (χ1v) is 6.68. The molecule has 0 aromatic heterocycles. The van der Waals surface area contributed by atoms with Crippen molar-refractivity contribution in [1.29, 1.82) is 0 Å². The van der Waals surface area contributed by atoms with Gasteiger partial charge in [0.1, 0.15) is 0 Å². The minimum atomic E-state index is -0.993. The summed E-state index contributed by atoms with van der Waals surface area (Å²) in [6.45, 7) is 0. The number of halogens is 1. The fourth-order valence-electron chi connectivity index (χ4n) is 2.62. The van der Waals surface area contributed by atoms with Gasteiger partial charge in [-0.1, -0.05) is 35.9 Å². The Morgan fingerprint density at radius 2 is 1.68 bits per heavy atom. The van der Waals surface area contributed by atoms with Crippen LogP contribution in [0.1, 0.15) is 27.9 Å². The second-order valence-electron chi connectivity index (χ2n) is 4.84. The molecule has 3 rings (SSSR count). The zero-order chi connectivity index (χ0) is 13.4. The largest absolute Gasteiger partial charge is 0.478 e. The van der Waals surface area contributed by atoms with Gasteiger partial charge in [-0.05, 0) is 53.6 Å². The summed E-state index contributed by atoms with van der Waals surface area (Å²) >= 11 is 5.89. The highest BCUT2D eigenvalue weighted by molar-refractivity contribution is 6.33. The smallest absolute Gasteiger partial charge is 0.337 e. The number of carbonyl (C=O) groups is 1. The van der Waals surface area contributed by atoms with Gasteiger partial charge in [0, 0.05) is 0 Å². The zero-order valence-electron chi connectivity index (χ0n) is 10.3. The minimum Gasteiger partial charge on any atom is -0.478 e. The van der Waals surface area contributed by atoms with Crippen molar-refractivity contribution in [3.05, 3.63) is 58.1 Å². The van der Waals surface area contributed by atoms with E-state index in [9.17, 15) is 4.79 Å². The first-order chi connectivity index (χ1) is 9.15. The molecule has 0 bridgehead atoms. The Bertz CT molecular complexity index is 662. The van der Waals surface area contributed by atoms with Crippen LogP contribution in [0.4, 0.5) is 0 Å². The van der Waals surface area contributed by atoms with Gasteiger partial charge in [-0.3, -0.25) is 0 Å². The predicted octanol–water partition coefficient (Wildman–Crippen LogP) is 4.19. The lowest BCUT2D eigenvalue weighted by molar-refractivity contribution is 0.0697. The number of benzene rings is 2. The lowest BCUT2D eigenvalue weighted by atomic mass is 9.99. The van der Waals surface area contributed by atoms with E-state index in [0.717, 1.165) is 24.0 Å². The van der Waals surface area contributed by atoms with Crippen molar-refractivity contribution >= 4 is 17.6 Å². The van der Waals surface area contributed by atoms with Crippen molar-refractivity contribution in [2.45, 2.75) is 19.3 Å². The summed E-state index contributed by atoms with van der Waals surface area (Å²) in [6, 6.07) is 11.5. The minimum absolute atomic E-state index is 0.152. The molecule has 0 spiro atoms. The van der Waals surface area contributed by atoms with Crippen molar-refractivity contribution < 1.29 is 9.90 Å². The summed E-state index contributed by atoms with van der Waals surface area (Å²) in [4.78, 5) is 11.1. The van der Waals surface area contributed by atoms with E-state index in [4.69, 9.17) is 16.7 Å². The normalized spacial score (nSPS) is 13.3. The second-order valence-corrected chi connectivity index (χ2v) is 5.24. The molecule has 0 saturated heterocycles. The third-order valence-corrected chi connectivity index (χ3v) is 3.96. The fourth-order valence-corrected chi connectivity index (χ4v) is 2.82. The highest BCUT2D eigenvalue weighted by atomic mass is 35.5. The van der Waals surface area contributed by atoms with Crippen LogP contribution in [0.15, 0.2) is 36.4 Å². The first-order valence-electron chi connectivity index (χ1n) is 6.30. The van der Waals surface area contributed by atoms with Gasteiger partial charge >= 0.3 is 5.97 Å². The van der Waals surface area contributed by atoms with Crippen molar-refractivity contribution in [2.75, 3.05) is 0 Å². The molecule has 0 saturated carbocycles. The van der Waals surface area contributed by atoms with E-state index in [0.29, 0.717) is 0 Å². The summed E-state index contributed by atoms with van der Waals surface area (Å²) < 4.78 is 0. The van der Waals surface area contributed by atoms with Crippen LogP contribution < -0.4 is 0 Å². The number of hydrogen-bond donors (Lipinski definition) is 1. The number of rotatable bonds is 2. The topological polar surface area (TPSA) is 37.3 Å². The molecule has 0 heterocycles. The molecule has 0 unspecified atom stereocenters. The highest BCUT2D eigenvalue weighted by Crippen LogP contribution is 2.30. The van der Waals surface area contributed by atoms with E-state index in [-0.39, 0.29) is 10.6 Å². The average Bonchev–Trinajstić information content (AvgIpc) is 2.86. The van der Waals surface area contributed by atoms with Gasteiger partial charge in [0.2, 0.25) is 0 Å². The standard InChI is InChI=1S/C16H13ClO2/c17-15-7-6-13(9-14(15)16(18)19)12-5-4-10-2-1-3-11(10)8-12/h4-9H,1-3H2,(H,18,19). The molecule has 1 aliphatic rings. The van der Waals surface area contributed by atoms with Crippen molar-refractivity contribution in [3.63, 3.8) is 0 Å². The number of aromatic carboxylic acids is 1. The van der Waals surface area contributed by atoms with Crippen molar-refractivity contribution in [1.82, 2.24) is 0 Å². The molecule has 1 aliphatic carbocycles. The van der Waals surface area contributed by atoms with E-state index in [1.54, 1.807) is 12.1 Å². The van der Waals surface area contributed by atoms with Crippen LogP contribution in [0, 0.1) is 0 Å². The van der Waals surface area contributed by atoms with Crippen LogP contribution in [0.25, 0.3) is 11.1 Å². The lowest BCUT2D eigenvalue weighted by Crippen LogP contribution is -1.97. The third-order valence-electron chi connectivity index (χ3n) is 3.63. The monoisotopic (exact) mass is 272 g/mol. The van der Waals surface area contributed by atoms with Crippen LogP contribution >= 0.6 is 11.6 Å². The Morgan fingerprint density at radius 3 is 2.47 bits per heavy atom. The van der Waals surface area contributed by atoms with Crippen LogP contribution in [-0.2, 0) is 12.8 Å². The Kier molecular flexibility index (Phi) is 3.03. The molecule has 19 heavy (non-hydrogen) atoms. The summed E-state index contributed by atoms with van der Waals surface area (Å²) in [5, 5.41) is 9.38. The van der Waals surface area contributed by atoms with Crippen LogP contribution in [0.5, 0.6) is 0 Å². The molecule has 0 aliphatic heterocycles. The van der Waals surface area contributed by atoms with Crippen LogP contribution in [-0.4, -0.2) is 11.1 Å². The molecule has 3 heteroatoms. The molecular formula is C16H13ClO2.